The van der Waals surface area contributed by atoms with Crippen LogP contribution in [0.3, 0.4) is 0 Å². The smallest absolute Gasteiger partial charge is 0.238 e. The van der Waals surface area contributed by atoms with E-state index in [1.165, 1.54) is 7.11 Å². The van der Waals surface area contributed by atoms with Crippen LogP contribution in [0.4, 0.5) is 11.8 Å². The molecule has 1 aromatic rings. The summed E-state index contributed by atoms with van der Waals surface area (Å²) in [4.78, 5) is 10.1. The van der Waals surface area contributed by atoms with E-state index < -0.39 is 0 Å². The Morgan fingerprint density at radius 3 is 2.62 bits per heavy atom. The van der Waals surface area contributed by atoms with Gasteiger partial charge in [0.25, 0.3) is 0 Å². The molecule has 1 saturated heterocycles. The van der Waals surface area contributed by atoms with Gasteiger partial charge in [-0.15, -0.1) is 0 Å². The van der Waals surface area contributed by atoms with Gasteiger partial charge in [0.1, 0.15) is 6.07 Å². The number of ether oxygens (including phenoxy) is 1. The van der Waals surface area contributed by atoms with Crippen molar-refractivity contribution in [2.75, 3.05) is 30.8 Å². The Morgan fingerprint density at radius 1 is 1.38 bits per heavy atom. The fourth-order valence-corrected chi connectivity index (χ4v) is 1.85. The predicted molar refractivity (Wildman–Crippen MR) is 59.2 cm³/mol. The first kappa shape index (κ1) is 10.5. The lowest BCUT2D eigenvalue weighted by Gasteiger charge is -2.18. The van der Waals surface area contributed by atoms with Gasteiger partial charge in [0.15, 0.2) is 11.4 Å². The largest absolute Gasteiger partial charge is 0.480 e. The summed E-state index contributed by atoms with van der Waals surface area (Å²) in [6.45, 7) is 1.79. The summed E-state index contributed by atoms with van der Waals surface area (Å²) >= 11 is 0. The predicted octanol–water partition coefficient (Wildman–Crippen LogP) is 0.539. The molecule has 0 aliphatic carbocycles. The lowest BCUT2D eigenvalue weighted by atomic mass is 10.3. The highest BCUT2D eigenvalue weighted by molar-refractivity contribution is 5.60. The summed E-state index contributed by atoms with van der Waals surface area (Å²) in [6, 6.07) is 2.07. The molecule has 0 amide bonds. The quantitative estimate of drug-likeness (QED) is 0.781. The molecule has 1 fully saturated rings. The van der Waals surface area contributed by atoms with Crippen LogP contribution in [0, 0.1) is 11.3 Å². The van der Waals surface area contributed by atoms with Gasteiger partial charge >= 0.3 is 0 Å². The van der Waals surface area contributed by atoms with Gasteiger partial charge < -0.3 is 15.4 Å². The van der Waals surface area contributed by atoms with E-state index in [0.29, 0.717) is 11.4 Å². The second kappa shape index (κ2) is 4.23. The van der Waals surface area contributed by atoms with Crippen molar-refractivity contribution in [3.63, 3.8) is 0 Å². The lowest BCUT2D eigenvalue weighted by molar-refractivity contribution is 0.396. The number of rotatable bonds is 2. The van der Waals surface area contributed by atoms with Crippen molar-refractivity contribution in [2.45, 2.75) is 12.8 Å². The molecule has 2 heterocycles. The molecule has 0 aromatic carbocycles. The zero-order chi connectivity index (χ0) is 11.5. The minimum Gasteiger partial charge on any atom is -0.480 e. The van der Waals surface area contributed by atoms with Crippen LogP contribution in [-0.2, 0) is 0 Å². The molecular formula is C10H13N5O. The Labute approximate surface area is 93.7 Å². The summed E-state index contributed by atoms with van der Waals surface area (Å²) in [7, 11) is 1.47. The Hall–Kier alpha value is -2.03. The van der Waals surface area contributed by atoms with Crippen LogP contribution in [0.2, 0.25) is 0 Å². The molecule has 2 rings (SSSR count). The first-order chi connectivity index (χ1) is 7.76. The Kier molecular flexibility index (Phi) is 2.77. The van der Waals surface area contributed by atoms with Gasteiger partial charge in [-0.05, 0) is 12.8 Å². The maximum Gasteiger partial charge on any atom is 0.238 e. The fraction of sp³-hybridized carbons (Fsp3) is 0.500. The van der Waals surface area contributed by atoms with Gasteiger partial charge in [-0.25, -0.2) is 0 Å². The van der Waals surface area contributed by atoms with Crippen molar-refractivity contribution in [3.8, 4) is 11.9 Å². The maximum atomic E-state index is 9.10. The van der Waals surface area contributed by atoms with E-state index in [1.807, 2.05) is 4.90 Å². The van der Waals surface area contributed by atoms with Crippen molar-refractivity contribution in [2.24, 2.45) is 0 Å². The summed E-state index contributed by atoms with van der Waals surface area (Å²) in [5.41, 5.74) is 5.95. The van der Waals surface area contributed by atoms with Crippen molar-refractivity contribution in [3.05, 3.63) is 5.56 Å². The van der Waals surface area contributed by atoms with Crippen LogP contribution in [0.25, 0.3) is 0 Å². The van der Waals surface area contributed by atoms with Crippen LogP contribution < -0.4 is 15.4 Å². The third kappa shape index (κ3) is 1.72. The highest BCUT2D eigenvalue weighted by Crippen LogP contribution is 2.28. The molecule has 6 nitrogen and oxygen atoms in total. The van der Waals surface area contributed by atoms with Crippen LogP contribution in [0.15, 0.2) is 0 Å². The molecule has 1 aromatic heterocycles. The van der Waals surface area contributed by atoms with Crippen molar-refractivity contribution < 1.29 is 4.74 Å². The van der Waals surface area contributed by atoms with E-state index in [1.54, 1.807) is 0 Å². The number of nitriles is 1. The molecule has 1 aliphatic rings. The van der Waals surface area contributed by atoms with Gasteiger partial charge in [-0.2, -0.15) is 15.2 Å². The summed E-state index contributed by atoms with van der Waals surface area (Å²) in [5, 5.41) is 9.10. The Bertz CT molecular complexity index is 434. The molecule has 1 aliphatic heterocycles. The third-order valence-corrected chi connectivity index (χ3v) is 2.58. The monoisotopic (exact) mass is 219 g/mol. The number of hydrogen-bond acceptors (Lipinski definition) is 6. The molecular weight excluding hydrogens is 206 g/mol. The second-order valence-corrected chi connectivity index (χ2v) is 3.60. The van der Waals surface area contributed by atoms with Gasteiger partial charge in [-0.1, -0.05) is 0 Å². The minimum atomic E-state index is 0.137. The molecule has 2 N–H and O–H groups in total. The fourth-order valence-electron chi connectivity index (χ4n) is 1.85. The molecule has 84 valence electrons. The van der Waals surface area contributed by atoms with Crippen molar-refractivity contribution in [1.29, 1.82) is 5.26 Å². The number of nitrogen functional groups attached to an aromatic ring is 1. The van der Waals surface area contributed by atoms with E-state index in [-0.39, 0.29) is 11.8 Å². The molecule has 0 spiro atoms. The second-order valence-electron chi connectivity index (χ2n) is 3.60. The van der Waals surface area contributed by atoms with Crippen LogP contribution in [0.1, 0.15) is 18.4 Å². The Balaban J connectivity index is 2.49. The van der Waals surface area contributed by atoms with Crippen molar-refractivity contribution >= 4 is 11.8 Å². The molecule has 0 radical (unpaired) electrons. The molecule has 0 atom stereocenters. The number of anilines is 2. The number of nitrogens with two attached hydrogens (primary N) is 1. The van der Waals surface area contributed by atoms with Gasteiger partial charge in [-0.3, -0.25) is 0 Å². The average Bonchev–Trinajstić information content (AvgIpc) is 2.81. The lowest BCUT2D eigenvalue weighted by Crippen LogP contribution is -2.21. The first-order valence-corrected chi connectivity index (χ1v) is 5.13. The topological polar surface area (TPSA) is 88.1 Å². The van der Waals surface area contributed by atoms with Crippen molar-refractivity contribution in [1.82, 2.24) is 9.97 Å². The number of nitrogens with zero attached hydrogens (tertiary/aromatic N) is 4. The van der Waals surface area contributed by atoms with E-state index in [2.05, 4.69) is 16.0 Å². The van der Waals surface area contributed by atoms with Crippen LogP contribution >= 0.6 is 0 Å². The maximum absolute atomic E-state index is 9.10. The van der Waals surface area contributed by atoms with Gasteiger partial charge in [0, 0.05) is 13.1 Å². The molecule has 0 unspecified atom stereocenters. The Morgan fingerprint density at radius 2 is 2.06 bits per heavy atom. The SMILES string of the molecule is COc1nc(N)nc(N2CCCC2)c1C#N. The first-order valence-electron chi connectivity index (χ1n) is 5.13. The number of aromatic nitrogens is 2. The highest BCUT2D eigenvalue weighted by atomic mass is 16.5. The average molecular weight is 219 g/mol. The summed E-state index contributed by atoms with van der Waals surface area (Å²) < 4.78 is 5.04. The zero-order valence-corrected chi connectivity index (χ0v) is 9.10. The summed E-state index contributed by atoms with van der Waals surface area (Å²) in [5.74, 6) is 0.971. The molecule has 16 heavy (non-hydrogen) atoms. The molecule has 6 heteroatoms. The van der Waals surface area contributed by atoms with E-state index >= 15 is 0 Å². The van der Waals surface area contributed by atoms with Gasteiger partial charge in [0.2, 0.25) is 11.8 Å². The normalized spacial score (nSPS) is 14.9. The number of hydrogen-bond donors (Lipinski definition) is 1. The summed E-state index contributed by atoms with van der Waals surface area (Å²) in [6.07, 6.45) is 2.22. The third-order valence-electron chi connectivity index (χ3n) is 2.58. The zero-order valence-electron chi connectivity index (χ0n) is 9.10. The highest BCUT2D eigenvalue weighted by Gasteiger charge is 2.21. The van der Waals surface area contributed by atoms with E-state index in [0.717, 1.165) is 25.9 Å². The van der Waals surface area contributed by atoms with E-state index in [9.17, 15) is 0 Å². The molecule has 0 saturated carbocycles. The van der Waals surface area contributed by atoms with Gasteiger partial charge in [0.05, 0.1) is 7.11 Å². The van der Waals surface area contributed by atoms with E-state index in [4.69, 9.17) is 15.7 Å². The molecule has 0 bridgehead atoms. The minimum absolute atomic E-state index is 0.137. The van der Waals surface area contributed by atoms with Crippen LogP contribution in [0.5, 0.6) is 5.88 Å². The van der Waals surface area contributed by atoms with Crippen LogP contribution in [-0.4, -0.2) is 30.2 Å². The standard InChI is InChI=1S/C10H13N5O/c1-16-9-7(6-11)8(13-10(12)14-9)15-4-2-3-5-15/h2-5H2,1H3,(H2,12,13,14). The number of methoxy groups -OCH3 is 1.